The number of hydrogen-bond donors (Lipinski definition) is 0. The standard InChI is InChI=1S/C15H27FN2O4/c1-5-21-13(19)6-7-17-8-9-18(11-12(17)10-16)14(20)22-15(2,3)4/h12H,5-11H2,1-4H3. The van der Waals surface area contributed by atoms with Gasteiger partial charge in [-0.1, -0.05) is 0 Å². The molecule has 0 N–H and O–H groups in total. The third-order valence-electron chi connectivity index (χ3n) is 3.34. The number of piperazine rings is 1. The molecule has 0 bridgehead atoms. The van der Waals surface area contributed by atoms with E-state index in [0.717, 1.165) is 0 Å². The molecule has 0 aromatic heterocycles. The van der Waals surface area contributed by atoms with Crippen LogP contribution in [0.1, 0.15) is 34.1 Å². The smallest absolute Gasteiger partial charge is 0.410 e. The van der Waals surface area contributed by atoms with Gasteiger partial charge in [-0.25, -0.2) is 9.18 Å². The summed E-state index contributed by atoms with van der Waals surface area (Å²) in [6.45, 7) is 8.63. The molecule has 1 heterocycles. The molecule has 0 saturated carbocycles. The van der Waals surface area contributed by atoms with E-state index >= 15 is 0 Å². The molecular weight excluding hydrogens is 291 g/mol. The molecular formula is C15H27FN2O4. The van der Waals surface area contributed by atoms with Crippen LogP contribution in [0.3, 0.4) is 0 Å². The summed E-state index contributed by atoms with van der Waals surface area (Å²) in [7, 11) is 0. The Hall–Kier alpha value is -1.37. The summed E-state index contributed by atoms with van der Waals surface area (Å²) in [5.41, 5.74) is -0.566. The number of hydrogen-bond acceptors (Lipinski definition) is 5. The fourth-order valence-electron chi connectivity index (χ4n) is 2.29. The maximum atomic E-state index is 13.2. The SMILES string of the molecule is CCOC(=O)CCN1CCN(C(=O)OC(C)(C)C)CC1CF. The zero-order valence-electron chi connectivity index (χ0n) is 13.9. The summed E-state index contributed by atoms with van der Waals surface area (Å²) < 4.78 is 23.4. The number of nitrogens with zero attached hydrogens (tertiary/aromatic N) is 2. The summed E-state index contributed by atoms with van der Waals surface area (Å²) in [6.07, 6.45) is -0.187. The highest BCUT2D eigenvalue weighted by Crippen LogP contribution is 2.15. The van der Waals surface area contributed by atoms with E-state index in [1.54, 1.807) is 27.7 Å². The number of carbonyl (C=O) groups is 2. The van der Waals surface area contributed by atoms with Crippen LogP contribution in [0.25, 0.3) is 0 Å². The summed E-state index contributed by atoms with van der Waals surface area (Å²) in [5, 5.41) is 0. The van der Waals surface area contributed by atoms with Crippen LogP contribution >= 0.6 is 0 Å². The van der Waals surface area contributed by atoms with Gasteiger partial charge in [-0.05, 0) is 27.7 Å². The Morgan fingerprint density at radius 1 is 1.27 bits per heavy atom. The molecule has 1 rings (SSSR count). The van der Waals surface area contributed by atoms with Crippen molar-refractivity contribution >= 4 is 12.1 Å². The Morgan fingerprint density at radius 3 is 2.50 bits per heavy atom. The first-order chi connectivity index (χ1) is 10.3. The second kappa shape index (κ2) is 8.31. The van der Waals surface area contributed by atoms with E-state index in [4.69, 9.17) is 9.47 Å². The number of esters is 1. The molecule has 0 aromatic carbocycles. The lowest BCUT2D eigenvalue weighted by atomic mass is 10.1. The van der Waals surface area contributed by atoms with Crippen molar-refractivity contribution in [2.24, 2.45) is 0 Å². The molecule has 0 aromatic rings. The first-order valence-corrected chi connectivity index (χ1v) is 7.70. The molecule has 1 fully saturated rings. The Labute approximate surface area is 131 Å². The zero-order valence-corrected chi connectivity index (χ0v) is 13.9. The number of halogens is 1. The van der Waals surface area contributed by atoms with Gasteiger partial charge in [0, 0.05) is 26.2 Å². The van der Waals surface area contributed by atoms with Crippen LogP contribution in [0, 0.1) is 0 Å². The predicted octanol–water partition coefficient (Wildman–Crippen LogP) is 1.83. The lowest BCUT2D eigenvalue weighted by Crippen LogP contribution is -2.56. The topological polar surface area (TPSA) is 59.1 Å². The van der Waals surface area contributed by atoms with Gasteiger partial charge in [-0.3, -0.25) is 9.69 Å². The number of ether oxygens (including phenoxy) is 2. The summed E-state index contributed by atoms with van der Waals surface area (Å²) in [6, 6.07) is -0.407. The maximum absolute atomic E-state index is 13.2. The van der Waals surface area contributed by atoms with E-state index in [2.05, 4.69) is 0 Å². The molecule has 6 nitrogen and oxygen atoms in total. The number of alkyl halides is 1. The third-order valence-corrected chi connectivity index (χ3v) is 3.34. The van der Waals surface area contributed by atoms with Gasteiger partial charge < -0.3 is 14.4 Å². The normalized spacial score (nSPS) is 19.9. The summed E-state index contributed by atoms with van der Waals surface area (Å²) >= 11 is 0. The van der Waals surface area contributed by atoms with E-state index in [9.17, 15) is 14.0 Å². The van der Waals surface area contributed by atoms with E-state index in [0.29, 0.717) is 26.2 Å². The van der Waals surface area contributed by atoms with Gasteiger partial charge in [0.15, 0.2) is 0 Å². The molecule has 7 heteroatoms. The van der Waals surface area contributed by atoms with Crippen LogP contribution in [-0.4, -0.2) is 73.0 Å². The van der Waals surface area contributed by atoms with Crippen molar-refractivity contribution in [3.8, 4) is 0 Å². The lowest BCUT2D eigenvalue weighted by Gasteiger charge is -2.40. The van der Waals surface area contributed by atoms with Crippen LogP contribution in [0.4, 0.5) is 9.18 Å². The Kier molecular flexibility index (Phi) is 7.06. The first-order valence-electron chi connectivity index (χ1n) is 7.70. The van der Waals surface area contributed by atoms with Crippen molar-refractivity contribution in [1.82, 2.24) is 9.80 Å². The average molecular weight is 318 g/mol. The van der Waals surface area contributed by atoms with Crippen molar-refractivity contribution in [1.29, 1.82) is 0 Å². The first kappa shape index (κ1) is 18.7. The predicted molar refractivity (Wildman–Crippen MR) is 80.4 cm³/mol. The second-order valence-corrected chi connectivity index (χ2v) is 6.33. The van der Waals surface area contributed by atoms with Crippen molar-refractivity contribution in [2.75, 3.05) is 39.5 Å². The lowest BCUT2D eigenvalue weighted by molar-refractivity contribution is -0.143. The van der Waals surface area contributed by atoms with Gasteiger partial charge >= 0.3 is 12.1 Å². The van der Waals surface area contributed by atoms with Crippen LogP contribution in [0.15, 0.2) is 0 Å². The number of amides is 1. The molecule has 1 aliphatic rings. The minimum atomic E-state index is -0.567. The highest BCUT2D eigenvalue weighted by Gasteiger charge is 2.32. The molecule has 1 atom stereocenters. The van der Waals surface area contributed by atoms with Crippen molar-refractivity contribution in [3.05, 3.63) is 0 Å². The van der Waals surface area contributed by atoms with Gasteiger partial charge in [0.25, 0.3) is 0 Å². The number of carbonyl (C=O) groups excluding carboxylic acids is 2. The monoisotopic (exact) mass is 318 g/mol. The summed E-state index contributed by atoms with van der Waals surface area (Å²) in [5.74, 6) is -0.283. The minimum Gasteiger partial charge on any atom is -0.466 e. The molecule has 0 spiro atoms. The fraction of sp³-hybridized carbons (Fsp3) is 0.867. The summed E-state index contributed by atoms with van der Waals surface area (Å²) in [4.78, 5) is 26.8. The van der Waals surface area contributed by atoms with E-state index < -0.39 is 24.4 Å². The Balaban J connectivity index is 2.49. The van der Waals surface area contributed by atoms with Crippen LogP contribution in [0.2, 0.25) is 0 Å². The molecule has 128 valence electrons. The zero-order chi connectivity index (χ0) is 16.8. The van der Waals surface area contributed by atoms with Gasteiger partial charge in [0.1, 0.15) is 12.3 Å². The Bertz CT molecular complexity index is 384. The molecule has 0 aliphatic carbocycles. The van der Waals surface area contributed by atoms with Crippen LogP contribution < -0.4 is 0 Å². The van der Waals surface area contributed by atoms with Gasteiger partial charge in [-0.15, -0.1) is 0 Å². The second-order valence-electron chi connectivity index (χ2n) is 6.33. The Morgan fingerprint density at radius 2 is 1.95 bits per heavy atom. The molecule has 22 heavy (non-hydrogen) atoms. The van der Waals surface area contributed by atoms with Crippen molar-refractivity contribution in [3.63, 3.8) is 0 Å². The fourth-order valence-corrected chi connectivity index (χ4v) is 2.29. The highest BCUT2D eigenvalue weighted by atomic mass is 19.1. The average Bonchev–Trinajstić information content (AvgIpc) is 2.43. The largest absolute Gasteiger partial charge is 0.466 e. The highest BCUT2D eigenvalue weighted by molar-refractivity contribution is 5.69. The van der Waals surface area contributed by atoms with Gasteiger partial charge in [0.2, 0.25) is 0 Å². The molecule has 1 unspecified atom stereocenters. The van der Waals surface area contributed by atoms with E-state index in [-0.39, 0.29) is 18.9 Å². The van der Waals surface area contributed by atoms with E-state index in [1.165, 1.54) is 4.90 Å². The molecule has 0 radical (unpaired) electrons. The van der Waals surface area contributed by atoms with E-state index in [1.807, 2.05) is 4.90 Å². The van der Waals surface area contributed by atoms with Crippen LogP contribution in [-0.2, 0) is 14.3 Å². The molecule has 1 saturated heterocycles. The van der Waals surface area contributed by atoms with Crippen LogP contribution in [0.5, 0.6) is 0 Å². The molecule has 1 aliphatic heterocycles. The third kappa shape index (κ3) is 6.17. The maximum Gasteiger partial charge on any atom is 0.410 e. The quantitative estimate of drug-likeness (QED) is 0.724. The minimum absolute atomic E-state index is 0.233. The van der Waals surface area contributed by atoms with Crippen molar-refractivity contribution < 1.29 is 23.5 Å². The molecule has 1 amide bonds. The van der Waals surface area contributed by atoms with Crippen molar-refractivity contribution in [2.45, 2.75) is 45.8 Å². The number of rotatable bonds is 5. The van der Waals surface area contributed by atoms with Gasteiger partial charge in [-0.2, -0.15) is 0 Å². The van der Waals surface area contributed by atoms with Gasteiger partial charge in [0.05, 0.1) is 19.1 Å².